The number of carbonyl (C=O) groups excluding carboxylic acids is 1. The molecule has 2 saturated heterocycles. The van der Waals surface area contributed by atoms with Crippen molar-refractivity contribution in [2.45, 2.75) is 37.0 Å². The van der Waals surface area contributed by atoms with Crippen LogP contribution in [-0.2, 0) is 11.7 Å². The molecular weight excluding hydrogens is 542 g/mol. The highest BCUT2D eigenvalue weighted by atomic mass is 19.4. The Labute approximate surface area is 232 Å². The second-order valence-corrected chi connectivity index (χ2v) is 10.5. The zero-order valence-corrected chi connectivity index (χ0v) is 22.0. The molecule has 0 atom stereocenters. The number of halogens is 4. The second-order valence-electron chi connectivity index (χ2n) is 10.5. The Kier molecular flexibility index (Phi) is 6.80. The lowest BCUT2D eigenvalue weighted by Gasteiger charge is -2.54. The molecule has 2 aliphatic rings. The highest BCUT2D eigenvalue weighted by Crippen LogP contribution is 2.38. The van der Waals surface area contributed by atoms with Crippen LogP contribution in [0.15, 0.2) is 48.2 Å². The molecule has 0 aliphatic carbocycles. The number of rotatable bonds is 7. The molecule has 2 aliphatic heterocycles. The van der Waals surface area contributed by atoms with E-state index in [1.165, 1.54) is 11.2 Å². The smallest absolute Gasteiger partial charge is 0.346 e. The molecule has 10 nitrogen and oxygen atoms in total. The average Bonchev–Trinajstić information content (AvgIpc) is 3.62. The number of nitrogens with zero attached hydrogens (tertiary/aromatic N) is 8. The van der Waals surface area contributed by atoms with E-state index in [1.54, 1.807) is 6.20 Å². The molecular formula is C27H27F4N9O. The Hall–Kier alpha value is -4.20. The maximum Gasteiger partial charge on any atom is 0.436 e. The molecule has 0 radical (unpaired) electrons. The first kappa shape index (κ1) is 27.0. The van der Waals surface area contributed by atoms with Gasteiger partial charge in [0, 0.05) is 68.3 Å². The Morgan fingerprint density at radius 3 is 2.68 bits per heavy atom. The number of aliphatic imine (C=N–C) groups is 1. The summed E-state index contributed by atoms with van der Waals surface area (Å²) in [5.74, 6) is -2.39. The van der Waals surface area contributed by atoms with Gasteiger partial charge in [-0.25, -0.2) is 19.3 Å². The van der Waals surface area contributed by atoms with Gasteiger partial charge in [-0.1, -0.05) is 0 Å². The van der Waals surface area contributed by atoms with Crippen molar-refractivity contribution in [3.05, 3.63) is 60.3 Å². The highest BCUT2D eigenvalue weighted by molar-refractivity contribution is 5.94. The molecule has 4 aromatic rings. The molecule has 4 aromatic heterocycles. The van der Waals surface area contributed by atoms with E-state index < -0.39 is 29.2 Å². The summed E-state index contributed by atoms with van der Waals surface area (Å²) in [5.41, 5.74) is -0.152. The minimum atomic E-state index is -4.98. The quantitative estimate of drug-likeness (QED) is 0.268. The van der Waals surface area contributed by atoms with Crippen LogP contribution in [-0.4, -0.2) is 90.9 Å². The van der Waals surface area contributed by atoms with Crippen molar-refractivity contribution in [2.75, 3.05) is 32.7 Å². The van der Waals surface area contributed by atoms with Crippen LogP contribution in [0.3, 0.4) is 0 Å². The van der Waals surface area contributed by atoms with Gasteiger partial charge in [0.05, 0.1) is 23.0 Å². The van der Waals surface area contributed by atoms with Crippen LogP contribution in [0.5, 0.6) is 0 Å². The van der Waals surface area contributed by atoms with Gasteiger partial charge in [0.1, 0.15) is 12.0 Å². The molecule has 0 saturated carbocycles. The lowest BCUT2D eigenvalue weighted by molar-refractivity contribution is -0.143. The molecule has 0 aromatic carbocycles. The number of carbonyl (C=O) groups is 1. The van der Waals surface area contributed by atoms with Crippen LogP contribution in [0.2, 0.25) is 0 Å². The van der Waals surface area contributed by atoms with E-state index >= 15 is 0 Å². The lowest BCUT2D eigenvalue weighted by atomic mass is 9.83. The first-order valence-electron chi connectivity index (χ1n) is 13.2. The van der Waals surface area contributed by atoms with Crippen molar-refractivity contribution in [1.29, 1.82) is 0 Å². The third kappa shape index (κ3) is 4.85. The Morgan fingerprint density at radius 1 is 1.17 bits per heavy atom. The predicted molar refractivity (Wildman–Crippen MR) is 142 cm³/mol. The highest BCUT2D eigenvalue weighted by Gasteiger charge is 2.48. The fraction of sp³-hybridized carbons (Fsp3) is 0.407. The Bertz CT molecular complexity index is 1580. The normalized spacial score (nSPS) is 18.0. The second kappa shape index (κ2) is 10.3. The van der Waals surface area contributed by atoms with E-state index in [2.05, 4.69) is 36.5 Å². The van der Waals surface area contributed by atoms with Crippen LogP contribution in [0, 0.1) is 5.82 Å². The number of likely N-dealkylation sites (tertiary alicyclic amines) is 2. The zero-order chi connectivity index (χ0) is 28.8. The first-order valence-corrected chi connectivity index (χ1v) is 13.2. The van der Waals surface area contributed by atoms with E-state index in [1.807, 2.05) is 23.1 Å². The van der Waals surface area contributed by atoms with Gasteiger partial charge in [-0.15, -0.1) is 0 Å². The number of aromatic nitrogens is 6. The average molecular weight is 570 g/mol. The van der Waals surface area contributed by atoms with E-state index in [0.717, 1.165) is 54.1 Å². The van der Waals surface area contributed by atoms with Gasteiger partial charge < -0.3 is 14.9 Å². The van der Waals surface area contributed by atoms with Crippen LogP contribution in [0.4, 0.5) is 17.6 Å². The van der Waals surface area contributed by atoms with Crippen LogP contribution in [0.25, 0.3) is 22.3 Å². The SMILES string of the molecule is C=NCCC1(n2cc(-c3ncnc4[nH]ccc34)cn2)CN(C2CCN(C(=O)c3ccnc(C(F)(F)F)c3F)CC2)C1. The zero-order valence-electron chi connectivity index (χ0n) is 22.0. The summed E-state index contributed by atoms with van der Waals surface area (Å²) in [6, 6.07) is 3.10. The summed E-state index contributed by atoms with van der Waals surface area (Å²) < 4.78 is 55.7. The predicted octanol–water partition coefficient (Wildman–Crippen LogP) is 3.78. The number of hydrogen-bond donors (Lipinski definition) is 1. The minimum Gasteiger partial charge on any atom is -0.346 e. The number of H-pyrrole nitrogens is 1. The van der Waals surface area contributed by atoms with Gasteiger partial charge in [0.15, 0.2) is 11.5 Å². The number of nitrogens with one attached hydrogen (secondary N) is 1. The minimum absolute atomic E-state index is 0.174. The van der Waals surface area contributed by atoms with Gasteiger partial charge in [0.2, 0.25) is 0 Å². The molecule has 2 fully saturated rings. The molecule has 0 bridgehead atoms. The van der Waals surface area contributed by atoms with E-state index in [-0.39, 0.29) is 11.6 Å². The topological polar surface area (TPSA) is 108 Å². The monoisotopic (exact) mass is 569 g/mol. The van der Waals surface area contributed by atoms with Crippen molar-refractivity contribution in [2.24, 2.45) is 4.99 Å². The molecule has 14 heteroatoms. The summed E-state index contributed by atoms with van der Waals surface area (Å²) in [5, 5.41) is 5.60. The van der Waals surface area contributed by atoms with Gasteiger partial charge >= 0.3 is 6.18 Å². The van der Waals surface area contributed by atoms with Crippen LogP contribution >= 0.6 is 0 Å². The maximum absolute atomic E-state index is 14.5. The largest absolute Gasteiger partial charge is 0.436 e. The van der Waals surface area contributed by atoms with Crippen LogP contribution < -0.4 is 0 Å². The fourth-order valence-electron chi connectivity index (χ4n) is 5.89. The molecule has 6 rings (SSSR count). The van der Waals surface area contributed by atoms with E-state index in [4.69, 9.17) is 5.10 Å². The molecule has 1 N–H and O–H groups in total. The number of hydrogen-bond acceptors (Lipinski definition) is 7. The van der Waals surface area contributed by atoms with Crippen molar-refractivity contribution in [1.82, 2.24) is 39.5 Å². The molecule has 41 heavy (non-hydrogen) atoms. The number of fused-ring (bicyclic) bond motifs is 1. The first-order chi connectivity index (χ1) is 19.7. The van der Waals surface area contributed by atoms with E-state index in [0.29, 0.717) is 32.5 Å². The van der Waals surface area contributed by atoms with Crippen molar-refractivity contribution < 1.29 is 22.4 Å². The van der Waals surface area contributed by atoms with Gasteiger partial charge in [0.25, 0.3) is 5.91 Å². The molecule has 214 valence electrons. The number of alkyl halides is 3. The Morgan fingerprint density at radius 2 is 1.95 bits per heavy atom. The number of aromatic amines is 1. The number of amides is 1. The lowest BCUT2D eigenvalue weighted by Crippen LogP contribution is -2.66. The summed E-state index contributed by atoms with van der Waals surface area (Å²) in [6.07, 6.45) is 4.96. The summed E-state index contributed by atoms with van der Waals surface area (Å²) in [4.78, 5) is 35.6. The Balaban J connectivity index is 1.13. The van der Waals surface area contributed by atoms with Gasteiger partial charge in [-0.3, -0.25) is 14.4 Å². The van der Waals surface area contributed by atoms with Crippen molar-refractivity contribution in [3.8, 4) is 11.3 Å². The molecule has 0 unspecified atom stereocenters. The van der Waals surface area contributed by atoms with Gasteiger partial charge in [-0.2, -0.15) is 18.3 Å². The summed E-state index contributed by atoms with van der Waals surface area (Å²) in [6.45, 7) is 6.28. The fourth-order valence-corrected chi connectivity index (χ4v) is 5.89. The van der Waals surface area contributed by atoms with Gasteiger partial charge in [-0.05, 0) is 38.1 Å². The van der Waals surface area contributed by atoms with Crippen molar-refractivity contribution >= 4 is 23.7 Å². The van der Waals surface area contributed by atoms with E-state index in [9.17, 15) is 22.4 Å². The standard InChI is InChI=1S/C27H27F4N9O/c1-32-9-6-26(40-13-17(12-37-40)22-20-3-8-34-24(20)36-16-35-22)14-39(15-26)18-4-10-38(11-5-18)25(41)19-2-7-33-23(21(19)28)27(29,30)31/h2-3,7-8,12-13,16,18H,1,4-6,9-11,14-15H2,(H,34,35,36). The molecule has 1 amide bonds. The third-order valence-corrected chi connectivity index (χ3v) is 8.08. The molecule has 6 heterocycles. The molecule has 0 spiro atoms. The number of pyridine rings is 1. The number of piperidine rings is 1. The summed E-state index contributed by atoms with van der Waals surface area (Å²) in [7, 11) is 0. The third-order valence-electron chi connectivity index (χ3n) is 8.08. The van der Waals surface area contributed by atoms with Crippen LogP contribution in [0.1, 0.15) is 35.3 Å². The maximum atomic E-state index is 14.5. The summed E-state index contributed by atoms with van der Waals surface area (Å²) >= 11 is 0. The van der Waals surface area contributed by atoms with Crippen molar-refractivity contribution in [3.63, 3.8) is 0 Å².